The highest BCUT2D eigenvalue weighted by Gasteiger charge is 2.33. The zero-order valence-corrected chi connectivity index (χ0v) is 11.7. The molecule has 0 aromatic carbocycles. The van der Waals surface area contributed by atoms with Crippen LogP contribution in [0, 0.1) is 5.92 Å². The SMILES string of the molecule is O=C1CCC2CN(CCN3CCNCC3)CCC2N1. The monoisotopic (exact) mass is 266 g/mol. The number of hydrogen-bond donors (Lipinski definition) is 2. The summed E-state index contributed by atoms with van der Waals surface area (Å²) in [7, 11) is 0. The molecule has 3 saturated heterocycles. The van der Waals surface area contributed by atoms with Gasteiger partial charge in [-0.05, 0) is 18.8 Å². The number of carbonyl (C=O) groups is 1. The fourth-order valence-corrected chi connectivity index (χ4v) is 3.61. The van der Waals surface area contributed by atoms with E-state index in [1.54, 1.807) is 0 Å². The largest absolute Gasteiger partial charge is 0.353 e. The minimum absolute atomic E-state index is 0.260. The second-order valence-electron chi connectivity index (χ2n) is 6.15. The van der Waals surface area contributed by atoms with Gasteiger partial charge in [-0.25, -0.2) is 0 Å². The lowest BCUT2D eigenvalue weighted by Crippen LogP contribution is -2.55. The van der Waals surface area contributed by atoms with Crippen LogP contribution in [0.5, 0.6) is 0 Å². The highest BCUT2D eigenvalue weighted by atomic mass is 16.1. The Kier molecular flexibility index (Phi) is 4.35. The van der Waals surface area contributed by atoms with Crippen LogP contribution in [-0.2, 0) is 4.79 Å². The van der Waals surface area contributed by atoms with Crippen LogP contribution >= 0.6 is 0 Å². The van der Waals surface area contributed by atoms with E-state index in [1.165, 1.54) is 32.7 Å². The van der Waals surface area contributed by atoms with Gasteiger partial charge < -0.3 is 15.5 Å². The molecule has 2 N–H and O–H groups in total. The van der Waals surface area contributed by atoms with E-state index < -0.39 is 0 Å². The lowest BCUT2D eigenvalue weighted by Gasteiger charge is -2.42. The van der Waals surface area contributed by atoms with Gasteiger partial charge in [-0.2, -0.15) is 0 Å². The zero-order chi connectivity index (χ0) is 13.1. The molecule has 2 atom stereocenters. The second kappa shape index (κ2) is 6.20. The van der Waals surface area contributed by atoms with Crippen LogP contribution in [0.15, 0.2) is 0 Å². The van der Waals surface area contributed by atoms with E-state index in [9.17, 15) is 4.79 Å². The van der Waals surface area contributed by atoms with Gasteiger partial charge >= 0.3 is 0 Å². The Balaban J connectivity index is 1.42. The Morgan fingerprint density at radius 3 is 2.68 bits per heavy atom. The fraction of sp³-hybridized carbons (Fsp3) is 0.929. The third kappa shape index (κ3) is 3.46. The van der Waals surface area contributed by atoms with E-state index in [-0.39, 0.29) is 5.91 Å². The summed E-state index contributed by atoms with van der Waals surface area (Å²) in [5.41, 5.74) is 0. The van der Waals surface area contributed by atoms with E-state index in [1.807, 2.05) is 0 Å². The van der Waals surface area contributed by atoms with Crippen molar-refractivity contribution >= 4 is 5.91 Å². The van der Waals surface area contributed by atoms with E-state index in [0.29, 0.717) is 12.0 Å². The first-order valence-electron chi connectivity index (χ1n) is 7.76. The molecule has 3 aliphatic heterocycles. The average molecular weight is 266 g/mol. The van der Waals surface area contributed by atoms with E-state index in [4.69, 9.17) is 0 Å². The molecule has 0 aromatic rings. The number of fused-ring (bicyclic) bond motifs is 1. The predicted octanol–water partition coefficient (Wildman–Crippen LogP) is -0.508. The van der Waals surface area contributed by atoms with Crippen LogP contribution in [0.25, 0.3) is 0 Å². The van der Waals surface area contributed by atoms with Crippen molar-refractivity contribution in [3.05, 3.63) is 0 Å². The van der Waals surface area contributed by atoms with Crippen molar-refractivity contribution in [1.82, 2.24) is 20.4 Å². The summed E-state index contributed by atoms with van der Waals surface area (Å²) in [5.74, 6) is 0.949. The molecule has 0 aliphatic carbocycles. The number of hydrogen-bond acceptors (Lipinski definition) is 4. The summed E-state index contributed by atoms with van der Waals surface area (Å²) < 4.78 is 0. The number of piperidine rings is 2. The lowest BCUT2D eigenvalue weighted by molar-refractivity contribution is -0.125. The normalized spacial score (nSPS) is 33.8. The molecule has 108 valence electrons. The van der Waals surface area contributed by atoms with Crippen molar-refractivity contribution in [2.75, 3.05) is 52.4 Å². The molecule has 3 fully saturated rings. The van der Waals surface area contributed by atoms with Crippen molar-refractivity contribution in [3.63, 3.8) is 0 Å². The molecule has 3 aliphatic rings. The van der Waals surface area contributed by atoms with Gasteiger partial charge in [0.05, 0.1) is 0 Å². The molecule has 1 amide bonds. The molecular formula is C14H26N4O. The summed E-state index contributed by atoms with van der Waals surface area (Å²) in [6, 6.07) is 0.455. The summed E-state index contributed by atoms with van der Waals surface area (Å²) >= 11 is 0. The summed E-state index contributed by atoms with van der Waals surface area (Å²) in [6.07, 6.45) is 2.95. The van der Waals surface area contributed by atoms with E-state index in [2.05, 4.69) is 20.4 Å². The Hall–Kier alpha value is -0.650. The van der Waals surface area contributed by atoms with Gasteiger partial charge in [0.15, 0.2) is 0 Å². The molecule has 3 rings (SSSR count). The number of nitrogens with zero attached hydrogens (tertiary/aromatic N) is 2. The first-order chi connectivity index (χ1) is 9.31. The third-order valence-corrected chi connectivity index (χ3v) is 4.85. The minimum atomic E-state index is 0.260. The molecule has 0 spiro atoms. The maximum absolute atomic E-state index is 11.4. The van der Waals surface area contributed by atoms with Crippen molar-refractivity contribution in [2.45, 2.75) is 25.3 Å². The van der Waals surface area contributed by atoms with Gasteiger partial charge in [0.1, 0.15) is 0 Å². The Morgan fingerprint density at radius 2 is 1.84 bits per heavy atom. The summed E-state index contributed by atoms with van der Waals surface area (Å²) in [4.78, 5) is 16.6. The van der Waals surface area contributed by atoms with Gasteiger partial charge in [-0.15, -0.1) is 0 Å². The number of likely N-dealkylation sites (tertiary alicyclic amines) is 1. The Bertz CT molecular complexity index is 317. The smallest absolute Gasteiger partial charge is 0.220 e. The van der Waals surface area contributed by atoms with Crippen molar-refractivity contribution in [2.24, 2.45) is 5.92 Å². The summed E-state index contributed by atoms with van der Waals surface area (Å²) in [5, 5.41) is 6.56. The summed E-state index contributed by atoms with van der Waals surface area (Å²) in [6.45, 7) is 9.37. The third-order valence-electron chi connectivity index (χ3n) is 4.85. The highest BCUT2D eigenvalue weighted by Crippen LogP contribution is 2.25. The first kappa shape index (κ1) is 13.3. The first-order valence-corrected chi connectivity index (χ1v) is 7.76. The molecule has 5 heteroatoms. The second-order valence-corrected chi connectivity index (χ2v) is 6.15. The van der Waals surface area contributed by atoms with Gasteiger partial charge in [0.2, 0.25) is 5.91 Å². The molecule has 3 heterocycles. The van der Waals surface area contributed by atoms with E-state index in [0.717, 1.165) is 38.9 Å². The fourth-order valence-electron chi connectivity index (χ4n) is 3.61. The van der Waals surface area contributed by atoms with Crippen LogP contribution in [0.3, 0.4) is 0 Å². The molecule has 5 nitrogen and oxygen atoms in total. The topological polar surface area (TPSA) is 47.6 Å². The zero-order valence-electron chi connectivity index (χ0n) is 11.7. The highest BCUT2D eigenvalue weighted by molar-refractivity contribution is 5.77. The van der Waals surface area contributed by atoms with E-state index >= 15 is 0 Å². The Morgan fingerprint density at radius 1 is 1.05 bits per heavy atom. The van der Waals surface area contributed by atoms with Crippen molar-refractivity contribution < 1.29 is 4.79 Å². The van der Waals surface area contributed by atoms with Gasteiger partial charge in [-0.1, -0.05) is 0 Å². The minimum Gasteiger partial charge on any atom is -0.353 e. The maximum Gasteiger partial charge on any atom is 0.220 e. The van der Waals surface area contributed by atoms with Gasteiger partial charge in [0, 0.05) is 64.8 Å². The molecule has 0 bridgehead atoms. The van der Waals surface area contributed by atoms with Crippen LogP contribution in [0.4, 0.5) is 0 Å². The lowest BCUT2D eigenvalue weighted by atomic mass is 9.85. The predicted molar refractivity (Wildman–Crippen MR) is 75.0 cm³/mol. The van der Waals surface area contributed by atoms with Crippen molar-refractivity contribution in [1.29, 1.82) is 0 Å². The quantitative estimate of drug-likeness (QED) is 0.722. The maximum atomic E-state index is 11.4. The van der Waals surface area contributed by atoms with Crippen molar-refractivity contribution in [3.8, 4) is 0 Å². The number of piperazine rings is 1. The molecular weight excluding hydrogens is 240 g/mol. The van der Waals surface area contributed by atoms with Crippen LogP contribution in [0.1, 0.15) is 19.3 Å². The molecule has 0 radical (unpaired) electrons. The Labute approximate surface area is 115 Å². The number of nitrogens with one attached hydrogen (secondary N) is 2. The van der Waals surface area contributed by atoms with Gasteiger partial charge in [-0.3, -0.25) is 9.69 Å². The van der Waals surface area contributed by atoms with Crippen LogP contribution in [0.2, 0.25) is 0 Å². The molecule has 0 saturated carbocycles. The number of carbonyl (C=O) groups excluding carboxylic acids is 1. The number of amides is 1. The van der Waals surface area contributed by atoms with Gasteiger partial charge in [0.25, 0.3) is 0 Å². The standard InChI is InChI=1S/C14H26N4O/c19-14-2-1-12-11-18(6-3-13(12)16-14)10-9-17-7-4-15-5-8-17/h12-13,15H,1-11H2,(H,16,19). The average Bonchev–Trinajstić information content (AvgIpc) is 2.46. The number of rotatable bonds is 3. The molecule has 19 heavy (non-hydrogen) atoms. The molecule has 2 unspecified atom stereocenters. The van der Waals surface area contributed by atoms with Crippen LogP contribution in [-0.4, -0.2) is 74.1 Å². The molecule has 0 aromatic heterocycles. The van der Waals surface area contributed by atoms with Crippen LogP contribution < -0.4 is 10.6 Å².